The van der Waals surface area contributed by atoms with Gasteiger partial charge in [0.1, 0.15) is 5.82 Å². The van der Waals surface area contributed by atoms with Crippen LogP contribution >= 0.6 is 0 Å². The second-order valence-electron chi connectivity index (χ2n) is 7.35. The third-order valence-corrected chi connectivity index (χ3v) is 5.22. The number of amides is 1. The normalized spacial score (nSPS) is 18.7. The molecular weight excluding hydrogens is 387 g/mol. The van der Waals surface area contributed by atoms with Gasteiger partial charge < -0.3 is 22.1 Å². The van der Waals surface area contributed by atoms with Gasteiger partial charge in [-0.1, -0.05) is 12.8 Å². The van der Waals surface area contributed by atoms with Gasteiger partial charge in [-0.3, -0.25) is 14.9 Å². The zero-order valence-corrected chi connectivity index (χ0v) is 16.2. The van der Waals surface area contributed by atoms with E-state index in [4.69, 9.17) is 11.5 Å². The summed E-state index contributed by atoms with van der Waals surface area (Å²) in [6.07, 6.45) is 10.4. The molecule has 10 heteroatoms. The van der Waals surface area contributed by atoms with Crippen LogP contribution in [0.1, 0.15) is 36.0 Å². The molecule has 0 bridgehead atoms. The molecule has 0 radical (unpaired) electrons. The number of primary amides is 1. The Bertz CT molecular complexity index is 1040. The van der Waals surface area contributed by atoms with Crippen LogP contribution in [0.25, 0.3) is 11.1 Å². The van der Waals surface area contributed by atoms with Crippen molar-refractivity contribution in [1.29, 1.82) is 0 Å². The number of carbonyl (C=O) groups is 1. The van der Waals surface area contributed by atoms with Gasteiger partial charge in [-0.15, -0.1) is 0 Å². The summed E-state index contributed by atoms with van der Waals surface area (Å²) in [5.41, 5.74) is 13.8. The Hall–Kier alpha value is -3.53. The summed E-state index contributed by atoms with van der Waals surface area (Å²) in [6.45, 7) is 0. The lowest BCUT2D eigenvalue weighted by Gasteiger charge is -2.30. The lowest BCUT2D eigenvalue weighted by Crippen LogP contribution is -2.43. The van der Waals surface area contributed by atoms with E-state index in [-0.39, 0.29) is 29.3 Å². The average molecular weight is 410 g/mol. The van der Waals surface area contributed by atoms with Crippen molar-refractivity contribution in [2.45, 2.75) is 37.8 Å². The average Bonchev–Trinajstić information content (AvgIpc) is 3.27. The molecule has 156 valence electrons. The van der Waals surface area contributed by atoms with E-state index in [0.29, 0.717) is 5.69 Å². The molecule has 1 saturated carbocycles. The van der Waals surface area contributed by atoms with Gasteiger partial charge in [-0.25, -0.2) is 9.37 Å². The molecule has 3 aromatic rings. The van der Waals surface area contributed by atoms with Gasteiger partial charge in [0.25, 0.3) is 5.91 Å². The highest BCUT2D eigenvalue weighted by Crippen LogP contribution is 2.28. The zero-order chi connectivity index (χ0) is 21.1. The van der Waals surface area contributed by atoms with Crippen LogP contribution < -0.4 is 22.1 Å². The smallest absolute Gasteiger partial charge is 0.252 e. The van der Waals surface area contributed by atoms with Crippen molar-refractivity contribution in [3.05, 3.63) is 48.3 Å². The number of H-pyrrole nitrogens is 1. The minimum Gasteiger partial charge on any atom is -0.365 e. The van der Waals surface area contributed by atoms with Crippen molar-refractivity contribution < 1.29 is 9.18 Å². The molecule has 0 saturated heterocycles. The first-order chi connectivity index (χ1) is 14.5. The summed E-state index contributed by atoms with van der Waals surface area (Å²) in [4.78, 5) is 20.4. The maximum Gasteiger partial charge on any atom is 0.252 e. The van der Waals surface area contributed by atoms with Gasteiger partial charge in [0, 0.05) is 35.6 Å². The van der Waals surface area contributed by atoms with Crippen LogP contribution in [0.3, 0.4) is 0 Å². The lowest BCUT2D eigenvalue weighted by molar-refractivity contribution is 0.100. The van der Waals surface area contributed by atoms with Crippen LogP contribution in [-0.2, 0) is 0 Å². The standard InChI is InChI=1S/C20H23FN8O/c21-15-6-14(18(23)30)19(29-20(15)28-17-4-2-1-3-16(17)22)27-13-5-11(7-24-10-13)12-8-25-26-9-12/h5-10,16-17H,1-4,22H2,(H2,23,30)(H,25,26)(H2,27,28,29). The second kappa shape index (κ2) is 8.46. The van der Waals surface area contributed by atoms with E-state index in [1.54, 1.807) is 24.8 Å². The molecule has 2 unspecified atom stereocenters. The molecule has 3 aromatic heterocycles. The van der Waals surface area contributed by atoms with E-state index < -0.39 is 11.7 Å². The third kappa shape index (κ3) is 4.23. The molecule has 0 aromatic carbocycles. The molecule has 1 fully saturated rings. The van der Waals surface area contributed by atoms with Gasteiger partial charge in [0.15, 0.2) is 11.6 Å². The van der Waals surface area contributed by atoms with Crippen LogP contribution in [0.5, 0.6) is 0 Å². The molecular formula is C20H23FN8O. The fourth-order valence-electron chi connectivity index (χ4n) is 3.60. The minimum atomic E-state index is -0.788. The molecule has 3 heterocycles. The fourth-order valence-corrected chi connectivity index (χ4v) is 3.60. The molecule has 4 rings (SSSR count). The van der Waals surface area contributed by atoms with Crippen molar-refractivity contribution in [2.75, 3.05) is 10.6 Å². The monoisotopic (exact) mass is 410 g/mol. The molecule has 0 spiro atoms. The SMILES string of the molecule is NC(=O)c1cc(F)c(NC2CCCCC2N)nc1Nc1cncc(-c2cn[nH]c2)c1. The molecule has 7 N–H and O–H groups in total. The lowest BCUT2D eigenvalue weighted by atomic mass is 9.91. The van der Waals surface area contributed by atoms with Crippen LogP contribution in [-0.4, -0.2) is 38.2 Å². The quantitative estimate of drug-likeness (QED) is 0.419. The maximum absolute atomic E-state index is 14.6. The highest BCUT2D eigenvalue weighted by molar-refractivity contribution is 5.98. The van der Waals surface area contributed by atoms with Crippen molar-refractivity contribution in [3.63, 3.8) is 0 Å². The molecule has 30 heavy (non-hydrogen) atoms. The van der Waals surface area contributed by atoms with Crippen LogP contribution in [0.4, 0.5) is 21.7 Å². The Labute approximate surface area is 172 Å². The number of aromatic nitrogens is 4. The predicted molar refractivity (Wildman–Crippen MR) is 112 cm³/mol. The van der Waals surface area contributed by atoms with E-state index in [1.165, 1.54) is 0 Å². The van der Waals surface area contributed by atoms with E-state index in [1.807, 2.05) is 6.07 Å². The number of pyridine rings is 2. The Morgan fingerprint density at radius 2 is 1.97 bits per heavy atom. The number of carbonyl (C=O) groups excluding carboxylic acids is 1. The van der Waals surface area contributed by atoms with Crippen molar-refractivity contribution in [1.82, 2.24) is 20.2 Å². The van der Waals surface area contributed by atoms with Crippen LogP contribution in [0.2, 0.25) is 0 Å². The summed E-state index contributed by atoms with van der Waals surface area (Å²) in [5, 5.41) is 12.8. The number of nitrogens with one attached hydrogen (secondary N) is 3. The number of anilines is 3. The van der Waals surface area contributed by atoms with Crippen molar-refractivity contribution >= 4 is 23.2 Å². The maximum atomic E-state index is 14.6. The number of nitrogens with zero attached hydrogens (tertiary/aromatic N) is 3. The Balaban J connectivity index is 1.64. The molecule has 9 nitrogen and oxygen atoms in total. The van der Waals surface area contributed by atoms with Gasteiger partial charge in [0.05, 0.1) is 23.6 Å². The van der Waals surface area contributed by atoms with Gasteiger partial charge in [-0.05, 0) is 25.0 Å². The highest BCUT2D eigenvalue weighted by Gasteiger charge is 2.24. The Morgan fingerprint density at radius 1 is 1.13 bits per heavy atom. The summed E-state index contributed by atoms with van der Waals surface area (Å²) in [7, 11) is 0. The number of hydrogen-bond donors (Lipinski definition) is 5. The summed E-state index contributed by atoms with van der Waals surface area (Å²) < 4.78 is 14.6. The van der Waals surface area contributed by atoms with Crippen LogP contribution in [0, 0.1) is 5.82 Å². The van der Waals surface area contributed by atoms with Crippen molar-refractivity contribution in [2.24, 2.45) is 11.5 Å². The first-order valence-corrected chi connectivity index (χ1v) is 9.75. The number of hydrogen-bond acceptors (Lipinski definition) is 7. The largest absolute Gasteiger partial charge is 0.365 e. The molecule has 1 aliphatic rings. The first kappa shape index (κ1) is 19.8. The molecule has 2 atom stereocenters. The second-order valence-corrected chi connectivity index (χ2v) is 7.35. The highest BCUT2D eigenvalue weighted by atomic mass is 19.1. The number of halogens is 1. The molecule has 1 aliphatic carbocycles. The number of rotatable bonds is 6. The fraction of sp³-hybridized carbons (Fsp3) is 0.300. The Kier molecular flexibility index (Phi) is 5.57. The summed E-state index contributed by atoms with van der Waals surface area (Å²) in [6, 6.07) is 2.74. The van der Waals surface area contributed by atoms with Crippen LogP contribution in [0.15, 0.2) is 36.9 Å². The van der Waals surface area contributed by atoms with Gasteiger partial charge >= 0.3 is 0 Å². The van der Waals surface area contributed by atoms with E-state index in [0.717, 1.165) is 42.9 Å². The topological polar surface area (TPSA) is 148 Å². The first-order valence-electron chi connectivity index (χ1n) is 9.75. The van der Waals surface area contributed by atoms with Gasteiger partial charge in [-0.2, -0.15) is 5.10 Å². The van der Waals surface area contributed by atoms with E-state index in [2.05, 4.69) is 30.8 Å². The summed E-state index contributed by atoms with van der Waals surface area (Å²) in [5.74, 6) is -1.27. The van der Waals surface area contributed by atoms with E-state index in [9.17, 15) is 9.18 Å². The van der Waals surface area contributed by atoms with Crippen molar-refractivity contribution in [3.8, 4) is 11.1 Å². The zero-order valence-electron chi connectivity index (χ0n) is 16.2. The summed E-state index contributed by atoms with van der Waals surface area (Å²) >= 11 is 0. The number of aromatic amines is 1. The third-order valence-electron chi connectivity index (χ3n) is 5.22. The molecule has 1 amide bonds. The van der Waals surface area contributed by atoms with Gasteiger partial charge in [0.2, 0.25) is 0 Å². The number of nitrogens with two attached hydrogens (primary N) is 2. The molecule has 0 aliphatic heterocycles. The Morgan fingerprint density at radius 3 is 2.70 bits per heavy atom. The predicted octanol–water partition coefficient (Wildman–Crippen LogP) is 2.53. The minimum absolute atomic E-state index is 0.0313. The van der Waals surface area contributed by atoms with E-state index >= 15 is 0 Å².